The van der Waals surface area contributed by atoms with Gasteiger partial charge in [-0.05, 0) is 98.0 Å². The number of carbonyl (C=O) groups is 1. The van der Waals surface area contributed by atoms with Crippen molar-refractivity contribution in [3.63, 3.8) is 0 Å². The van der Waals surface area contributed by atoms with Gasteiger partial charge in [0, 0.05) is 47.4 Å². The molecule has 4 unspecified atom stereocenters. The van der Waals surface area contributed by atoms with Gasteiger partial charge >= 0.3 is 0 Å². The molecule has 0 bridgehead atoms. The zero-order valence-electron chi connectivity index (χ0n) is 27.4. The van der Waals surface area contributed by atoms with Crippen LogP contribution in [0.4, 0.5) is 14.5 Å². The third-order valence-corrected chi connectivity index (χ3v) is 11.3. The number of amides is 1. The predicted molar refractivity (Wildman–Crippen MR) is 189 cm³/mol. The van der Waals surface area contributed by atoms with E-state index in [9.17, 15) is 17.6 Å². The third-order valence-electron chi connectivity index (χ3n) is 9.01. The largest absolute Gasteiger partial charge is 0.497 e. The number of methoxy groups -OCH3 is 1. The third kappa shape index (κ3) is 8.56. The Kier molecular flexibility index (Phi) is 11.9. The Labute approximate surface area is 292 Å². The van der Waals surface area contributed by atoms with Gasteiger partial charge in [0.2, 0.25) is 15.9 Å². The summed E-state index contributed by atoms with van der Waals surface area (Å²) in [5.74, 6) is -1.83. The van der Waals surface area contributed by atoms with Gasteiger partial charge in [-0.1, -0.05) is 48.0 Å². The second kappa shape index (κ2) is 16.1. The minimum atomic E-state index is -3.88. The molecule has 2 N–H and O–H groups in total. The Balaban J connectivity index is 1.38. The molecule has 7 nitrogen and oxygen atoms in total. The number of ether oxygens (including phenoxy) is 1. The SMILES string of the molecule is C=CC(C(=O)Nc1cccc(F)c1CCC1CNCC(C)N1S(=O)(=O)c1ccc(OC)cc1)C(Cc1ccc(F)cc1)c1ccc(Cl)cc1. The number of rotatable bonds is 13. The summed E-state index contributed by atoms with van der Waals surface area (Å²) in [5.41, 5.74) is 2.25. The smallest absolute Gasteiger partial charge is 0.243 e. The molecule has 1 aliphatic rings. The number of benzene rings is 4. The van der Waals surface area contributed by atoms with Gasteiger partial charge < -0.3 is 15.4 Å². The normalized spacial score (nSPS) is 18.0. The molecule has 1 heterocycles. The number of nitrogens with zero attached hydrogens (tertiary/aromatic N) is 1. The van der Waals surface area contributed by atoms with Crippen LogP contribution in [0.1, 0.15) is 36.0 Å². The lowest BCUT2D eigenvalue weighted by Crippen LogP contribution is -2.58. The molecular formula is C38H40ClF2N3O4S. The van der Waals surface area contributed by atoms with Crippen molar-refractivity contribution in [2.45, 2.75) is 49.1 Å². The van der Waals surface area contributed by atoms with Gasteiger partial charge in [-0.3, -0.25) is 4.79 Å². The summed E-state index contributed by atoms with van der Waals surface area (Å²) < 4.78 is 63.6. The molecule has 0 aromatic heterocycles. The van der Waals surface area contributed by atoms with Crippen LogP contribution in [-0.4, -0.2) is 50.9 Å². The van der Waals surface area contributed by atoms with Crippen LogP contribution < -0.4 is 15.4 Å². The van der Waals surface area contributed by atoms with Crippen LogP contribution in [0.15, 0.2) is 109 Å². The Morgan fingerprint density at radius 2 is 1.73 bits per heavy atom. The number of carbonyl (C=O) groups excluding carboxylic acids is 1. The van der Waals surface area contributed by atoms with Crippen molar-refractivity contribution in [2.75, 3.05) is 25.5 Å². The molecule has 0 aliphatic carbocycles. The summed E-state index contributed by atoms with van der Waals surface area (Å²) in [5, 5.41) is 6.79. The van der Waals surface area contributed by atoms with Gasteiger partial charge in [-0.15, -0.1) is 6.58 Å². The lowest BCUT2D eigenvalue weighted by molar-refractivity contribution is -0.119. The second-order valence-corrected chi connectivity index (χ2v) is 14.5. The van der Waals surface area contributed by atoms with Gasteiger partial charge in [-0.2, -0.15) is 4.31 Å². The summed E-state index contributed by atoms with van der Waals surface area (Å²) >= 11 is 6.16. The van der Waals surface area contributed by atoms with E-state index in [1.807, 2.05) is 19.1 Å². The minimum absolute atomic E-state index is 0.150. The Bertz CT molecular complexity index is 1860. The number of halogens is 3. The molecule has 258 valence electrons. The highest BCUT2D eigenvalue weighted by molar-refractivity contribution is 7.89. The fourth-order valence-electron chi connectivity index (χ4n) is 6.48. The highest BCUT2D eigenvalue weighted by Gasteiger charge is 2.38. The molecule has 4 aromatic rings. The molecule has 0 spiro atoms. The summed E-state index contributed by atoms with van der Waals surface area (Å²) in [4.78, 5) is 14.1. The zero-order valence-corrected chi connectivity index (χ0v) is 29.0. The van der Waals surface area contributed by atoms with Crippen molar-refractivity contribution in [3.05, 3.63) is 137 Å². The van der Waals surface area contributed by atoms with Crippen LogP contribution in [0.25, 0.3) is 0 Å². The molecule has 1 saturated heterocycles. The van der Waals surface area contributed by atoms with E-state index < -0.39 is 27.8 Å². The van der Waals surface area contributed by atoms with Crippen LogP contribution in [0.2, 0.25) is 5.02 Å². The van der Waals surface area contributed by atoms with Crippen LogP contribution in [0.3, 0.4) is 0 Å². The highest BCUT2D eigenvalue weighted by atomic mass is 35.5. The lowest BCUT2D eigenvalue weighted by Gasteiger charge is -2.40. The maximum Gasteiger partial charge on any atom is 0.243 e. The zero-order chi connectivity index (χ0) is 35.1. The first-order valence-electron chi connectivity index (χ1n) is 16.1. The van der Waals surface area contributed by atoms with Gasteiger partial charge in [0.25, 0.3) is 0 Å². The molecule has 4 atom stereocenters. The van der Waals surface area contributed by atoms with Crippen molar-refractivity contribution in [1.29, 1.82) is 0 Å². The van der Waals surface area contributed by atoms with Crippen molar-refractivity contribution in [1.82, 2.24) is 9.62 Å². The minimum Gasteiger partial charge on any atom is -0.497 e. The van der Waals surface area contributed by atoms with Crippen molar-refractivity contribution in [2.24, 2.45) is 5.92 Å². The fraction of sp³-hybridized carbons (Fsp3) is 0.289. The van der Waals surface area contributed by atoms with E-state index in [4.69, 9.17) is 16.3 Å². The summed E-state index contributed by atoms with van der Waals surface area (Å²) in [6.07, 6.45) is 2.45. The summed E-state index contributed by atoms with van der Waals surface area (Å²) in [7, 11) is -2.36. The Morgan fingerprint density at radius 3 is 2.39 bits per heavy atom. The van der Waals surface area contributed by atoms with Gasteiger partial charge in [-0.25, -0.2) is 17.2 Å². The van der Waals surface area contributed by atoms with Gasteiger partial charge in [0.05, 0.1) is 17.9 Å². The second-order valence-electron chi connectivity index (χ2n) is 12.2. The quantitative estimate of drug-likeness (QED) is 0.142. The molecule has 5 rings (SSSR count). The Morgan fingerprint density at radius 1 is 1.04 bits per heavy atom. The van der Waals surface area contributed by atoms with Crippen LogP contribution in [0, 0.1) is 17.6 Å². The number of sulfonamides is 1. The summed E-state index contributed by atoms with van der Waals surface area (Å²) in [6, 6.07) is 23.2. The van der Waals surface area contributed by atoms with E-state index in [0.29, 0.717) is 42.4 Å². The average Bonchev–Trinajstić information content (AvgIpc) is 3.09. The standard InChI is InChI=1S/C38H40ClF2N3O4S/c1-4-33(35(27-10-12-28(39)13-11-27)22-26-8-14-29(40)15-9-26)38(45)43-37-7-5-6-36(41)34(37)21-16-30-24-42-23-25(2)44(30)49(46,47)32-19-17-31(48-3)18-20-32/h4-15,17-20,25,30,33,35,42H,1,16,21-24H2,2-3H3,(H,43,45). The molecule has 11 heteroatoms. The first kappa shape index (κ1) is 36.2. The molecular weight excluding hydrogens is 668 g/mol. The topological polar surface area (TPSA) is 87.7 Å². The van der Waals surface area contributed by atoms with E-state index in [0.717, 1.165) is 11.1 Å². The van der Waals surface area contributed by atoms with Crippen molar-refractivity contribution in [3.8, 4) is 5.75 Å². The highest BCUT2D eigenvalue weighted by Crippen LogP contribution is 2.33. The average molecular weight is 708 g/mol. The number of hydrogen-bond acceptors (Lipinski definition) is 5. The number of piperazine rings is 1. The number of nitrogens with one attached hydrogen (secondary N) is 2. The molecule has 0 radical (unpaired) electrons. The molecule has 49 heavy (non-hydrogen) atoms. The van der Waals surface area contributed by atoms with E-state index in [-0.39, 0.29) is 40.6 Å². The van der Waals surface area contributed by atoms with Crippen molar-refractivity contribution < 1.29 is 26.7 Å². The van der Waals surface area contributed by atoms with E-state index in [1.165, 1.54) is 47.8 Å². The fourth-order valence-corrected chi connectivity index (χ4v) is 8.45. The number of hydrogen-bond donors (Lipinski definition) is 2. The first-order chi connectivity index (χ1) is 23.5. The predicted octanol–water partition coefficient (Wildman–Crippen LogP) is 7.38. The van der Waals surface area contributed by atoms with Gasteiger partial charge in [0.15, 0.2) is 0 Å². The monoisotopic (exact) mass is 707 g/mol. The molecule has 0 saturated carbocycles. The number of anilines is 1. The van der Waals surface area contributed by atoms with E-state index in [2.05, 4.69) is 17.2 Å². The molecule has 4 aromatic carbocycles. The molecule has 1 fully saturated rings. The van der Waals surface area contributed by atoms with E-state index in [1.54, 1.807) is 48.5 Å². The van der Waals surface area contributed by atoms with Gasteiger partial charge in [0.1, 0.15) is 17.4 Å². The molecule has 1 aliphatic heterocycles. The van der Waals surface area contributed by atoms with E-state index >= 15 is 4.39 Å². The summed E-state index contributed by atoms with van der Waals surface area (Å²) in [6.45, 7) is 6.66. The Hall–Kier alpha value is -4.09. The lowest BCUT2D eigenvalue weighted by atomic mass is 9.81. The van der Waals surface area contributed by atoms with Crippen LogP contribution in [0.5, 0.6) is 5.75 Å². The maximum atomic E-state index is 15.5. The molecule has 1 amide bonds. The maximum absolute atomic E-state index is 15.5. The van der Waals surface area contributed by atoms with Crippen molar-refractivity contribution >= 4 is 33.2 Å². The van der Waals surface area contributed by atoms with Crippen LogP contribution in [-0.2, 0) is 27.7 Å². The first-order valence-corrected chi connectivity index (χ1v) is 17.9. The van der Waals surface area contributed by atoms with Crippen LogP contribution >= 0.6 is 11.6 Å².